The molecule has 0 aromatic rings. The SMILES string of the molecule is CCC(CC1C[N+](C)(C)CC1CCC(C)C(N)=O)C(=O)[O-]. The van der Waals surface area contributed by atoms with Gasteiger partial charge in [-0.05, 0) is 31.6 Å². The molecule has 1 amide bonds. The second-order valence-electron chi connectivity index (χ2n) is 7.36. The number of carbonyl (C=O) groups excluding carboxylic acids is 2. The highest BCUT2D eigenvalue weighted by Gasteiger charge is 2.40. The van der Waals surface area contributed by atoms with E-state index >= 15 is 0 Å². The number of rotatable bonds is 8. The molecule has 5 nitrogen and oxygen atoms in total. The van der Waals surface area contributed by atoms with E-state index in [1.165, 1.54) is 0 Å². The predicted molar refractivity (Wildman–Crippen MR) is 79.8 cm³/mol. The van der Waals surface area contributed by atoms with Gasteiger partial charge in [0.2, 0.25) is 5.91 Å². The molecule has 1 rings (SSSR count). The van der Waals surface area contributed by atoms with Crippen LogP contribution in [0.25, 0.3) is 0 Å². The summed E-state index contributed by atoms with van der Waals surface area (Å²) in [6.07, 6.45) is 3.05. The number of primary amides is 1. The largest absolute Gasteiger partial charge is 0.550 e. The Morgan fingerprint density at radius 3 is 2.33 bits per heavy atom. The van der Waals surface area contributed by atoms with Crippen LogP contribution in [0.15, 0.2) is 0 Å². The Kier molecular flexibility index (Phi) is 6.20. The fourth-order valence-corrected chi connectivity index (χ4v) is 3.64. The maximum atomic E-state index is 11.2. The summed E-state index contributed by atoms with van der Waals surface area (Å²) in [7, 11) is 4.37. The van der Waals surface area contributed by atoms with Crippen molar-refractivity contribution in [3.05, 3.63) is 0 Å². The number of nitrogens with zero attached hydrogens (tertiary/aromatic N) is 1. The molecule has 2 N–H and O–H groups in total. The number of aliphatic carboxylic acids is 1. The highest BCUT2D eigenvalue weighted by molar-refractivity contribution is 5.76. The molecule has 1 aliphatic rings. The Balaban J connectivity index is 2.65. The van der Waals surface area contributed by atoms with Crippen molar-refractivity contribution in [3.63, 3.8) is 0 Å². The maximum absolute atomic E-state index is 11.2. The van der Waals surface area contributed by atoms with E-state index in [1.807, 2.05) is 13.8 Å². The summed E-state index contributed by atoms with van der Waals surface area (Å²) in [4.78, 5) is 22.3. The van der Waals surface area contributed by atoms with Gasteiger partial charge in [0.05, 0.1) is 27.2 Å². The van der Waals surface area contributed by atoms with Crippen molar-refractivity contribution in [2.45, 2.75) is 39.5 Å². The zero-order chi connectivity index (χ0) is 16.2. The minimum atomic E-state index is -0.932. The molecule has 0 aliphatic carbocycles. The number of quaternary nitrogens is 1. The molecule has 0 saturated carbocycles. The van der Waals surface area contributed by atoms with E-state index in [4.69, 9.17) is 5.73 Å². The van der Waals surface area contributed by atoms with Crippen LogP contribution in [0.5, 0.6) is 0 Å². The molecule has 0 spiro atoms. The van der Waals surface area contributed by atoms with Crippen LogP contribution in [0.4, 0.5) is 0 Å². The van der Waals surface area contributed by atoms with Crippen molar-refractivity contribution in [2.24, 2.45) is 29.4 Å². The van der Waals surface area contributed by atoms with Crippen LogP contribution in [0, 0.1) is 23.7 Å². The monoisotopic (exact) mass is 298 g/mol. The molecule has 1 fully saturated rings. The Morgan fingerprint density at radius 2 is 1.86 bits per heavy atom. The van der Waals surface area contributed by atoms with Crippen LogP contribution in [0.3, 0.4) is 0 Å². The lowest BCUT2D eigenvalue weighted by Crippen LogP contribution is -2.37. The molecular weight excluding hydrogens is 268 g/mol. The highest BCUT2D eigenvalue weighted by atomic mass is 16.4. The van der Waals surface area contributed by atoms with Gasteiger partial charge < -0.3 is 20.1 Å². The molecule has 4 atom stereocenters. The average molecular weight is 298 g/mol. The van der Waals surface area contributed by atoms with Gasteiger partial charge in [-0.3, -0.25) is 4.79 Å². The first-order chi connectivity index (χ1) is 9.66. The van der Waals surface area contributed by atoms with E-state index in [-0.39, 0.29) is 17.7 Å². The van der Waals surface area contributed by atoms with Crippen LogP contribution >= 0.6 is 0 Å². The average Bonchev–Trinajstić information content (AvgIpc) is 2.66. The maximum Gasteiger partial charge on any atom is 0.220 e. The fourth-order valence-electron chi connectivity index (χ4n) is 3.64. The Morgan fingerprint density at radius 1 is 1.29 bits per heavy atom. The van der Waals surface area contributed by atoms with Gasteiger partial charge in [-0.25, -0.2) is 0 Å². The molecule has 0 aromatic carbocycles. The minimum absolute atomic E-state index is 0.107. The summed E-state index contributed by atoms with van der Waals surface area (Å²) in [5.74, 6) is -0.786. The summed E-state index contributed by atoms with van der Waals surface area (Å²) in [5.41, 5.74) is 5.32. The topological polar surface area (TPSA) is 83.2 Å². The normalized spacial score (nSPS) is 27.2. The van der Waals surface area contributed by atoms with Crippen molar-refractivity contribution in [3.8, 4) is 0 Å². The Hall–Kier alpha value is -1.10. The van der Waals surface area contributed by atoms with Crippen molar-refractivity contribution < 1.29 is 19.2 Å². The van der Waals surface area contributed by atoms with Crippen molar-refractivity contribution in [1.29, 1.82) is 0 Å². The van der Waals surface area contributed by atoms with Crippen LogP contribution in [0.2, 0.25) is 0 Å². The molecule has 0 radical (unpaired) electrons. The van der Waals surface area contributed by atoms with Crippen LogP contribution in [0.1, 0.15) is 39.5 Å². The van der Waals surface area contributed by atoms with Gasteiger partial charge >= 0.3 is 0 Å². The van der Waals surface area contributed by atoms with Crippen molar-refractivity contribution >= 4 is 11.9 Å². The molecule has 5 heteroatoms. The molecule has 1 saturated heterocycles. The van der Waals surface area contributed by atoms with Crippen LogP contribution in [-0.2, 0) is 9.59 Å². The van der Waals surface area contributed by atoms with Crippen molar-refractivity contribution in [2.75, 3.05) is 27.2 Å². The fraction of sp³-hybridized carbons (Fsp3) is 0.875. The van der Waals surface area contributed by atoms with E-state index in [1.54, 1.807) is 0 Å². The third-order valence-electron chi connectivity index (χ3n) is 4.99. The number of carboxylic acid groups (broad SMARTS) is 1. The Labute approximate surface area is 128 Å². The molecule has 0 bridgehead atoms. The lowest BCUT2D eigenvalue weighted by atomic mass is 9.82. The van der Waals surface area contributed by atoms with E-state index in [9.17, 15) is 14.7 Å². The number of hydrogen-bond donors (Lipinski definition) is 1. The first kappa shape index (κ1) is 18.0. The molecule has 122 valence electrons. The summed E-state index contributed by atoms with van der Waals surface area (Å²) >= 11 is 0. The zero-order valence-electron chi connectivity index (χ0n) is 13.8. The van der Waals surface area contributed by atoms with Crippen LogP contribution < -0.4 is 10.8 Å². The lowest BCUT2D eigenvalue weighted by molar-refractivity contribution is -0.880. The third-order valence-corrected chi connectivity index (χ3v) is 4.99. The smallest absolute Gasteiger partial charge is 0.220 e. The van der Waals surface area contributed by atoms with E-state index in [2.05, 4.69) is 14.1 Å². The highest BCUT2D eigenvalue weighted by Crippen LogP contribution is 2.35. The van der Waals surface area contributed by atoms with E-state index < -0.39 is 5.97 Å². The van der Waals surface area contributed by atoms with E-state index in [0.29, 0.717) is 24.7 Å². The first-order valence-corrected chi connectivity index (χ1v) is 7.98. The summed E-state index contributed by atoms with van der Waals surface area (Å²) in [6.45, 7) is 5.81. The number of amides is 1. The number of likely N-dealkylation sites (tertiary alicyclic amines) is 1. The summed E-state index contributed by atoms with van der Waals surface area (Å²) < 4.78 is 0.920. The molecule has 0 aromatic heterocycles. The van der Waals surface area contributed by atoms with E-state index in [0.717, 1.165) is 30.4 Å². The van der Waals surface area contributed by atoms with Crippen LogP contribution in [-0.4, -0.2) is 43.5 Å². The number of carbonyl (C=O) groups is 2. The first-order valence-electron chi connectivity index (χ1n) is 7.98. The third kappa shape index (κ3) is 5.30. The van der Waals surface area contributed by atoms with Gasteiger partial charge in [-0.1, -0.05) is 13.8 Å². The number of nitrogens with two attached hydrogens (primary N) is 1. The molecular formula is C16H30N2O3. The quantitative estimate of drug-likeness (QED) is 0.657. The number of hydrogen-bond acceptors (Lipinski definition) is 3. The lowest BCUT2D eigenvalue weighted by Gasteiger charge is -2.24. The predicted octanol–water partition coefficient (Wildman–Crippen LogP) is 0.377. The summed E-state index contributed by atoms with van der Waals surface area (Å²) in [5, 5.41) is 11.2. The summed E-state index contributed by atoms with van der Waals surface area (Å²) in [6, 6.07) is 0. The molecule has 21 heavy (non-hydrogen) atoms. The second kappa shape index (κ2) is 7.25. The Bertz CT molecular complexity index is 382. The molecule has 1 aliphatic heterocycles. The van der Waals surface area contributed by atoms with Crippen molar-refractivity contribution in [1.82, 2.24) is 0 Å². The minimum Gasteiger partial charge on any atom is -0.550 e. The van der Waals surface area contributed by atoms with Gasteiger partial charge in [0.15, 0.2) is 0 Å². The standard InChI is InChI=1S/C16H30N2O3/c1-5-12(16(20)21)8-14-10-18(3,4)9-13(14)7-6-11(2)15(17)19/h11-14H,5-10H2,1-4H3,(H2-,17,19,20,21). The van der Waals surface area contributed by atoms with Gasteiger partial charge in [-0.2, -0.15) is 0 Å². The molecule has 4 unspecified atom stereocenters. The van der Waals surface area contributed by atoms with Gasteiger partial charge in [0, 0.05) is 23.7 Å². The van der Waals surface area contributed by atoms with Gasteiger partial charge in [-0.15, -0.1) is 0 Å². The molecule has 1 heterocycles. The van der Waals surface area contributed by atoms with Gasteiger partial charge in [0.25, 0.3) is 0 Å². The number of carboxylic acids is 1. The second-order valence-corrected chi connectivity index (χ2v) is 7.36. The van der Waals surface area contributed by atoms with Gasteiger partial charge in [0.1, 0.15) is 0 Å². The zero-order valence-corrected chi connectivity index (χ0v) is 13.8.